The van der Waals surface area contributed by atoms with Crippen molar-refractivity contribution >= 4 is 21.8 Å². The number of rotatable bonds is 9. The van der Waals surface area contributed by atoms with E-state index in [1.807, 2.05) is 13.1 Å². The van der Waals surface area contributed by atoms with Crippen molar-refractivity contribution in [1.82, 2.24) is 14.5 Å². The summed E-state index contributed by atoms with van der Waals surface area (Å²) in [6.07, 6.45) is 4.34. The van der Waals surface area contributed by atoms with Gasteiger partial charge >= 0.3 is 0 Å². The monoisotopic (exact) mass is 482 g/mol. The standard InChI is InChI=1S/C26H34N4O3S/c1-29(20-16-21-10-12-22(13-11-21)26-27-17-18-28-26)25(31)15-14-23-7-5-6-19-30(23)34(32,33)24-8-3-2-4-9-24/h2-4,8-13,23H,5-7,14-20H2,1H3,(H,27,28). The summed E-state index contributed by atoms with van der Waals surface area (Å²) in [6.45, 7) is 2.86. The van der Waals surface area contributed by atoms with Crippen LogP contribution in [0.4, 0.5) is 0 Å². The van der Waals surface area contributed by atoms with Crippen LogP contribution in [0, 0.1) is 0 Å². The molecule has 0 aliphatic carbocycles. The van der Waals surface area contributed by atoms with Gasteiger partial charge in [-0.15, -0.1) is 0 Å². The quantitative estimate of drug-likeness (QED) is 0.596. The lowest BCUT2D eigenvalue weighted by atomic mass is 10.00. The molecule has 0 aromatic heterocycles. The van der Waals surface area contributed by atoms with Gasteiger partial charge in [-0.05, 0) is 43.4 Å². The van der Waals surface area contributed by atoms with Crippen LogP contribution in [0.2, 0.25) is 0 Å². The predicted octanol–water partition coefficient (Wildman–Crippen LogP) is 3.06. The first-order valence-corrected chi connectivity index (χ1v) is 13.6. The Kier molecular flexibility index (Phi) is 8.00. The van der Waals surface area contributed by atoms with Gasteiger partial charge in [0.15, 0.2) is 0 Å². The lowest BCUT2D eigenvalue weighted by Gasteiger charge is -2.35. The molecule has 2 aromatic carbocycles. The van der Waals surface area contributed by atoms with E-state index in [9.17, 15) is 13.2 Å². The molecule has 1 saturated heterocycles. The molecular formula is C26H34N4O3S. The molecule has 0 radical (unpaired) electrons. The normalized spacial score (nSPS) is 18.9. The van der Waals surface area contributed by atoms with Gasteiger partial charge in [-0.25, -0.2) is 8.42 Å². The lowest BCUT2D eigenvalue weighted by Crippen LogP contribution is -2.44. The number of sulfonamides is 1. The van der Waals surface area contributed by atoms with E-state index in [-0.39, 0.29) is 11.9 Å². The second kappa shape index (κ2) is 11.1. The van der Waals surface area contributed by atoms with Crippen LogP contribution in [0.3, 0.4) is 0 Å². The summed E-state index contributed by atoms with van der Waals surface area (Å²) in [4.78, 5) is 19.3. The summed E-state index contributed by atoms with van der Waals surface area (Å²) in [6, 6.07) is 16.8. The van der Waals surface area contributed by atoms with E-state index < -0.39 is 10.0 Å². The molecule has 2 heterocycles. The smallest absolute Gasteiger partial charge is 0.243 e. The van der Waals surface area contributed by atoms with E-state index in [4.69, 9.17) is 0 Å². The molecule has 34 heavy (non-hydrogen) atoms. The van der Waals surface area contributed by atoms with Gasteiger partial charge in [-0.3, -0.25) is 9.79 Å². The van der Waals surface area contributed by atoms with Crippen LogP contribution >= 0.6 is 0 Å². The van der Waals surface area contributed by atoms with E-state index >= 15 is 0 Å². The molecule has 182 valence electrons. The van der Waals surface area contributed by atoms with Gasteiger partial charge in [0.2, 0.25) is 15.9 Å². The Hall–Kier alpha value is -2.71. The molecule has 1 N–H and O–H groups in total. The molecule has 8 heteroatoms. The number of aliphatic imine (C=N–C) groups is 1. The number of carbonyl (C=O) groups excluding carboxylic acids is 1. The van der Waals surface area contributed by atoms with Crippen LogP contribution < -0.4 is 5.32 Å². The van der Waals surface area contributed by atoms with Crippen molar-refractivity contribution in [3.05, 3.63) is 65.7 Å². The minimum Gasteiger partial charge on any atom is -0.368 e. The molecule has 4 rings (SSSR count). The third-order valence-electron chi connectivity index (χ3n) is 6.68. The maximum Gasteiger partial charge on any atom is 0.243 e. The van der Waals surface area contributed by atoms with Crippen molar-refractivity contribution in [2.24, 2.45) is 4.99 Å². The molecule has 7 nitrogen and oxygen atoms in total. The second-order valence-electron chi connectivity index (χ2n) is 9.04. The predicted molar refractivity (Wildman–Crippen MR) is 134 cm³/mol. The van der Waals surface area contributed by atoms with Gasteiger partial charge in [-0.1, -0.05) is 48.9 Å². The van der Waals surface area contributed by atoms with E-state index in [1.54, 1.807) is 33.5 Å². The van der Waals surface area contributed by atoms with Gasteiger partial charge in [0.1, 0.15) is 5.84 Å². The van der Waals surface area contributed by atoms with Crippen LogP contribution in [0.15, 0.2) is 64.5 Å². The molecule has 0 spiro atoms. The highest BCUT2D eigenvalue weighted by Crippen LogP contribution is 2.28. The van der Waals surface area contributed by atoms with Crippen molar-refractivity contribution < 1.29 is 13.2 Å². The van der Waals surface area contributed by atoms with E-state index in [1.165, 1.54) is 5.56 Å². The van der Waals surface area contributed by atoms with Crippen molar-refractivity contribution in [3.8, 4) is 0 Å². The van der Waals surface area contributed by atoms with Crippen LogP contribution in [-0.2, 0) is 21.2 Å². The minimum atomic E-state index is -3.54. The van der Waals surface area contributed by atoms with Crippen molar-refractivity contribution in [3.63, 3.8) is 0 Å². The summed E-state index contributed by atoms with van der Waals surface area (Å²) in [5, 5.41) is 3.28. The highest BCUT2D eigenvalue weighted by Gasteiger charge is 2.33. The summed E-state index contributed by atoms with van der Waals surface area (Å²) < 4.78 is 27.9. The molecule has 1 unspecified atom stereocenters. The number of nitrogens with one attached hydrogen (secondary N) is 1. The third-order valence-corrected chi connectivity index (χ3v) is 8.64. The molecule has 1 atom stereocenters. The van der Waals surface area contributed by atoms with Crippen molar-refractivity contribution in [2.75, 3.05) is 33.2 Å². The van der Waals surface area contributed by atoms with Gasteiger partial charge < -0.3 is 10.2 Å². The van der Waals surface area contributed by atoms with Crippen molar-refractivity contribution in [2.45, 2.75) is 49.5 Å². The molecule has 1 fully saturated rings. The first-order valence-electron chi connectivity index (χ1n) is 12.1. The zero-order chi connectivity index (χ0) is 24.0. The first-order chi connectivity index (χ1) is 16.4. The van der Waals surface area contributed by atoms with Crippen LogP contribution in [0.25, 0.3) is 0 Å². The number of hydrogen-bond acceptors (Lipinski definition) is 5. The van der Waals surface area contributed by atoms with E-state index in [0.29, 0.717) is 30.8 Å². The highest BCUT2D eigenvalue weighted by atomic mass is 32.2. The number of benzene rings is 2. The molecular weight excluding hydrogens is 448 g/mol. The fraction of sp³-hybridized carbons (Fsp3) is 0.462. The van der Waals surface area contributed by atoms with Gasteiger partial charge in [0.25, 0.3) is 0 Å². The summed E-state index contributed by atoms with van der Waals surface area (Å²) in [5.74, 6) is 1.01. The number of amides is 1. The van der Waals surface area contributed by atoms with Gasteiger partial charge in [0.05, 0.1) is 11.4 Å². The first kappa shape index (κ1) is 24.4. The Bertz CT molecular complexity index is 1100. The van der Waals surface area contributed by atoms with Crippen LogP contribution in [-0.4, -0.2) is 68.6 Å². The Balaban J connectivity index is 1.28. The highest BCUT2D eigenvalue weighted by molar-refractivity contribution is 7.89. The van der Waals surface area contributed by atoms with Crippen LogP contribution in [0.5, 0.6) is 0 Å². The van der Waals surface area contributed by atoms with Gasteiger partial charge in [-0.2, -0.15) is 4.31 Å². The van der Waals surface area contributed by atoms with Gasteiger partial charge in [0, 0.05) is 44.7 Å². The summed E-state index contributed by atoms with van der Waals surface area (Å²) >= 11 is 0. The lowest BCUT2D eigenvalue weighted by molar-refractivity contribution is -0.130. The van der Waals surface area contributed by atoms with Crippen LogP contribution in [0.1, 0.15) is 43.2 Å². The van der Waals surface area contributed by atoms with E-state index in [0.717, 1.165) is 50.2 Å². The Morgan fingerprint density at radius 1 is 1.12 bits per heavy atom. The fourth-order valence-electron chi connectivity index (χ4n) is 4.63. The average molecular weight is 483 g/mol. The number of hydrogen-bond donors (Lipinski definition) is 1. The Labute approximate surface area is 202 Å². The fourth-order valence-corrected chi connectivity index (χ4v) is 6.37. The SMILES string of the molecule is CN(CCc1ccc(C2=NCCN2)cc1)C(=O)CCC1CCCCN1S(=O)(=O)c1ccccc1. The largest absolute Gasteiger partial charge is 0.368 e. The third kappa shape index (κ3) is 5.85. The molecule has 2 aliphatic heterocycles. The molecule has 0 bridgehead atoms. The Morgan fingerprint density at radius 2 is 1.88 bits per heavy atom. The number of carbonyl (C=O) groups is 1. The van der Waals surface area contributed by atoms with Crippen molar-refractivity contribution in [1.29, 1.82) is 0 Å². The number of likely N-dealkylation sites (N-methyl/N-ethyl adjacent to an activating group) is 1. The second-order valence-corrected chi connectivity index (χ2v) is 10.9. The maximum atomic E-state index is 13.2. The summed E-state index contributed by atoms with van der Waals surface area (Å²) in [7, 11) is -1.71. The summed E-state index contributed by atoms with van der Waals surface area (Å²) in [5.41, 5.74) is 2.27. The minimum absolute atomic E-state index is 0.0590. The van der Waals surface area contributed by atoms with E-state index in [2.05, 4.69) is 34.6 Å². The molecule has 0 saturated carbocycles. The average Bonchev–Trinajstić information content (AvgIpc) is 3.42. The molecule has 2 aromatic rings. The molecule has 2 aliphatic rings. The zero-order valence-corrected chi connectivity index (χ0v) is 20.6. The zero-order valence-electron chi connectivity index (χ0n) is 19.8. The number of nitrogens with zero attached hydrogens (tertiary/aromatic N) is 3. The Morgan fingerprint density at radius 3 is 2.59 bits per heavy atom. The maximum absolute atomic E-state index is 13.2. The topological polar surface area (TPSA) is 82.1 Å². The number of piperidine rings is 1. The molecule has 1 amide bonds. The number of amidine groups is 1.